The normalized spacial score (nSPS) is 27.6. The van der Waals surface area contributed by atoms with Crippen molar-refractivity contribution in [3.8, 4) is 0 Å². The Morgan fingerprint density at radius 1 is 1.37 bits per heavy atom. The Balaban J connectivity index is 2.23. The lowest BCUT2D eigenvalue weighted by molar-refractivity contribution is -0.150. The minimum absolute atomic E-state index is 0.0140. The fourth-order valence-corrected chi connectivity index (χ4v) is 2.85. The van der Waals surface area contributed by atoms with Gasteiger partial charge >= 0.3 is 5.97 Å². The van der Waals surface area contributed by atoms with E-state index in [1.165, 1.54) is 5.56 Å². The minimum atomic E-state index is -0.0972. The summed E-state index contributed by atoms with van der Waals surface area (Å²) >= 11 is 0. The van der Waals surface area contributed by atoms with Crippen LogP contribution in [0.1, 0.15) is 38.2 Å². The van der Waals surface area contributed by atoms with Crippen LogP contribution >= 0.6 is 0 Å². The Morgan fingerprint density at radius 2 is 2.11 bits per heavy atom. The van der Waals surface area contributed by atoms with Gasteiger partial charge < -0.3 is 10.1 Å². The van der Waals surface area contributed by atoms with Gasteiger partial charge in [0.05, 0.1) is 0 Å². The lowest BCUT2D eigenvalue weighted by atomic mass is 9.82. The highest BCUT2D eigenvalue weighted by molar-refractivity contribution is 5.69. The second-order valence-corrected chi connectivity index (χ2v) is 5.29. The van der Waals surface area contributed by atoms with Crippen molar-refractivity contribution in [1.29, 1.82) is 0 Å². The van der Waals surface area contributed by atoms with Gasteiger partial charge in [-0.2, -0.15) is 0 Å². The van der Waals surface area contributed by atoms with E-state index in [1.807, 2.05) is 13.0 Å². The first-order chi connectivity index (χ1) is 9.22. The highest BCUT2D eigenvalue weighted by Crippen LogP contribution is 2.33. The van der Waals surface area contributed by atoms with E-state index in [1.54, 1.807) is 0 Å². The molecule has 3 atom stereocenters. The van der Waals surface area contributed by atoms with E-state index in [-0.39, 0.29) is 18.0 Å². The number of hydrogen-bond acceptors (Lipinski definition) is 3. The second-order valence-electron chi connectivity index (χ2n) is 5.29. The molecule has 3 unspecified atom stereocenters. The van der Waals surface area contributed by atoms with Gasteiger partial charge in [0.2, 0.25) is 0 Å². The average molecular weight is 261 g/mol. The van der Waals surface area contributed by atoms with E-state index in [0.29, 0.717) is 12.3 Å². The molecule has 0 spiro atoms. The Hall–Kier alpha value is -1.35. The number of carbonyl (C=O) groups excluding carboxylic acids is 1. The van der Waals surface area contributed by atoms with Crippen LogP contribution in [0.4, 0.5) is 0 Å². The Bertz CT molecular complexity index is 404. The molecule has 1 saturated heterocycles. The monoisotopic (exact) mass is 261 g/mol. The van der Waals surface area contributed by atoms with Crippen LogP contribution in [-0.2, 0) is 9.53 Å². The van der Waals surface area contributed by atoms with Crippen LogP contribution in [0.25, 0.3) is 0 Å². The zero-order valence-corrected chi connectivity index (χ0v) is 11.8. The van der Waals surface area contributed by atoms with Crippen molar-refractivity contribution in [2.24, 2.45) is 5.92 Å². The molecule has 2 rings (SSSR count). The van der Waals surface area contributed by atoms with Gasteiger partial charge in [0.15, 0.2) is 0 Å². The predicted octanol–water partition coefficient (Wildman–Crippen LogP) is 2.72. The molecule has 1 aromatic carbocycles. The molecule has 0 aromatic heterocycles. The van der Waals surface area contributed by atoms with Gasteiger partial charge in [-0.1, -0.05) is 44.2 Å². The summed E-state index contributed by atoms with van der Waals surface area (Å²) in [6, 6.07) is 10.4. The minimum Gasteiger partial charge on any atom is -0.462 e. The lowest BCUT2D eigenvalue weighted by Gasteiger charge is -2.29. The largest absolute Gasteiger partial charge is 0.462 e. The first kappa shape index (κ1) is 14.1. The summed E-state index contributed by atoms with van der Waals surface area (Å²) in [4.78, 5) is 11.6. The number of nitrogens with one attached hydrogen (secondary N) is 1. The maximum atomic E-state index is 11.6. The number of rotatable bonds is 3. The lowest BCUT2D eigenvalue weighted by Crippen LogP contribution is -2.29. The van der Waals surface area contributed by atoms with Crippen molar-refractivity contribution in [3.05, 3.63) is 35.9 Å². The molecule has 1 aliphatic rings. The molecule has 0 bridgehead atoms. The van der Waals surface area contributed by atoms with Gasteiger partial charge in [0.25, 0.3) is 0 Å². The van der Waals surface area contributed by atoms with Crippen molar-refractivity contribution in [2.75, 3.05) is 13.1 Å². The Kier molecular flexibility index (Phi) is 4.97. The zero-order chi connectivity index (χ0) is 13.7. The first-order valence-electron chi connectivity index (χ1n) is 7.17. The van der Waals surface area contributed by atoms with Crippen LogP contribution in [0.3, 0.4) is 0 Å². The van der Waals surface area contributed by atoms with E-state index < -0.39 is 0 Å². The number of esters is 1. The molecule has 1 heterocycles. The maximum Gasteiger partial charge on any atom is 0.305 e. The van der Waals surface area contributed by atoms with Gasteiger partial charge in [0.1, 0.15) is 6.10 Å². The van der Waals surface area contributed by atoms with E-state index >= 15 is 0 Å². The Labute approximate surface area is 115 Å². The zero-order valence-electron chi connectivity index (χ0n) is 11.8. The van der Waals surface area contributed by atoms with Crippen LogP contribution in [0.5, 0.6) is 0 Å². The number of benzene rings is 1. The third-order valence-electron chi connectivity index (χ3n) is 3.84. The molecule has 3 nitrogen and oxygen atoms in total. The number of carbonyl (C=O) groups is 1. The summed E-state index contributed by atoms with van der Waals surface area (Å²) in [5.41, 5.74) is 1.27. The van der Waals surface area contributed by atoms with Crippen molar-refractivity contribution >= 4 is 5.97 Å². The summed E-state index contributed by atoms with van der Waals surface area (Å²) in [6.45, 7) is 5.95. The van der Waals surface area contributed by atoms with Crippen LogP contribution in [0.2, 0.25) is 0 Å². The van der Waals surface area contributed by atoms with Gasteiger partial charge in [-0.25, -0.2) is 0 Å². The molecular weight excluding hydrogens is 238 g/mol. The topological polar surface area (TPSA) is 38.3 Å². The summed E-state index contributed by atoms with van der Waals surface area (Å²) in [6.07, 6.45) is 1.31. The van der Waals surface area contributed by atoms with Crippen LogP contribution in [0, 0.1) is 5.92 Å². The highest BCUT2D eigenvalue weighted by Gasteiger charge is 2.32. The molecule has 0 amide bonds. The molecular formula is C16H23NO2. The quantitative estimate of drug-likeness (QED) is 0.850. The fourth-order valence-electron chi connectivity index (χ4n) is 2.85. The molecule has 19 heavy (non-hydrogen) atoms. The van der Waals surface area contributed by atoms with Crippen molar-refractivity contribution in [3.63, 3.8) is 0 Å². The van der Waals surface area contributed by atoms with E-state index in [0.717, 1.165) is 19.5 Å². The molecule has 0 aliphatic carbocycles. The summed E-state index contributed by atoms with van der Waals surface area (Å²) in [7, 11) is 0. The van der Waals surface area contributed by atoms with Crippen LogP contribution in [-0.4, -0.2) is 25.2 Å². The maximum absolute atomic E-state index is 11.6. The molecule has 104 valence electrons. The average Bonchev–Trinajstić information content (AvgIpc) is 2.61. The second kappa shape index (κ2) is 6.71. The predicted molar refractivity (Wildman–Crippen MR) is 76.0 cm³/mol. The number of ether oxygens (including phenoxy) is 1. The Morgan fingerprint density at radius 3 is 2.79 bits per heavy atom. The van der Waals surface area contributed by atoms with Crippen molar-refractivity contribution < 1.29 is 9.53 Å². The highest BCUT2D eigenvalue weighted by atomic mass is 16.5. The molecule has 3 heteroatoms. The van der Waals surface area contributed by atoms with Gasteiger partial charge in [-0.3, -0.25) is 4.79 Å². The van der Waals surface area contributed by atoms with Crippen LogP contribution in [0.15, 0.2) is 30.3 Å². The van der Waals surface area contributed by atoms with Crippen molar-refractivity contribution in [2.45, 2.75) is 38.7 Å². The van der Waals surface area contributed by atoms with Gasteiger partial charge in [-0.05, 0) is 31.0 Å². The third kappa shape index (κ3) is 3.57. The molecule has 1 N–H and O–H groups in total. The summed E-state index contributed by atoms with van der Waals surface area (Å²) in [5.74, 6) is 0.645. The molecule has 1 fully saturated rings. The SMILES string of the molecule is CCC(=O)OC1CCNCC(C)C1c1ccccc1. The molecule has 1 aromatic rings. The first-order valence-corrected chi connectivity index (χ1v) is 7.17. The number of hydrogen-bond donors (Lipinski definition) is 1. The third-order valence-corrected chi connectivity index (χ3v) is 3.84. The van der Waals surface area contributed by atoms with Gasteiger partial charge in [0, 0.05) is 12.3 Å². The van der Waals surface area contributed by atoms with Crippen molar-refractivity contribution in [1.82, 2.24) is 5.32 Å². The van der Waals surface area contributed by atoms with E-state index in [4.69, 9.17) is 4.74 Å². The summed E-state index contributed by atoms with van der Waals surface area (Å²) < 4.78 is 5.68. The molecule has 1 aliphatic heterocycles. The summed E-state index contributed by atoms with van der Waals surface area (Å²) in [5, 5.41) is 3.43. The molecule has 0 radical (unpaired) electrons. The van der Waals surface area contributed by atoms with Crippen LogP contribution < -0.4 is 5.32 Å². The molecule has 0 saturated carbocycles. The standard InChI is InChI=1S/C16H23NO2/c1-3-15(18)19-14-9-10-17-11-12(2)16(14)13-7-5-4-6-8-13/h4-8,12,14,16-17H,3,9-11H2,1-2H3. The smallest absolute Gasteiger partial charge is 0.305 e. The van der Waals surface area contributed by atoms with Gasteiger partial charge in [-0.15, -0.1) is 0 Å². The fraction of sp³-hybridized carbons (Fsp3) is 0.562. The van der Waals surface area contributed by atoms with E-state index in [9.17, 15) is 4.79 Å². The van der Waals surface area contributed by atoms with E-state index in [2.05, 4.69) is 36.5 Å².